The van der Waals surface area contributed by atoms with Crippen molar-refractivity contribution in [1.82, 2.24) is 0 Å². The highest BCUT2D eigenvalue weighted by atomic mass is 19.3. The maximum absolute atomic E-state index is 12.7. The average molecular weight is 207 g/mol. The van der Waals surface area contributed by atoms with Gasteiger partial charge in [-0.3, -0.25) is 0 Å². The number of alkyl halides is 2. The number of halogens is 5. The minimum atomic E-state index is -3.36. The van der Waals surface area contributed by atoms with Gasteiger partial charge in [-0.15, -0.1) is 0 Å². The summed E-state index contributed by atoms with van der Waals surface area (Å²) in [6.45, 7) is 0. The molecule has 0 unspecified atom stereocenters. The smallest absolute Gasteiger partial charge is 0.206 e. The Morgan fingerprint density at radius 3 is 2.14 bits per heavy atom. The van der Waals surface area contributed by atoms with Crippen LogP contribution in [0.2, 0.25) is 0 Å². The largest absolute Gasteiger partial charge is 0.268 e. The van der Waals surface area contributed by atoms with Gasteiger partial charge in [0.1, 0.15) is 17.4 Å². The first-order chi connectivity index (χ1) is 6.49. The first kappa shape index (κ1) is 10.4. The van der Waals surface area contributed by atoms with Crippen LogP contribution in [0.15, 0.2) is 6.07 Å². The number of benzene rings is 1. The van der Waals surface area contributed by atoms with E-state index in [1.165, 1.54) is 0 Å². The first-order valence-electron chi connectivity index (χ1n) is 3.34. The molecule has 1 aromatic carbocycles. The van der Waals surface area contributed by atoms with E-state index in [0.29, 0.717) is 0 Å². The third-order valence-electron chi connectivity index (χ3n) is 1.54. The van der Waals surface area contributed by atoms with E-state index in [1.54, 1.807) is 0 Å². The summed E-state index contributed by atoms with van der Waals surface area (Å²) in [5, 5.41) is 8.24. The van der Waals surface area contributed by atoms with E-state index in [0.717, 1.165) is 6.07 Å². The second kappa shape index (κ2) is 3.62. The Labute approximate surface area is 75.4 Å². The lowest BCUT2D eigenvalue weighted by Crippen LogP contribution is -2.02. The van der Waals surface area contributed by atoms with Crippen molar-refractivity contribution in [2.75, 3.05) is 0 Å². The second-order valence-electron chi connectivity index (χ2n) is 2.36. The van der Waals surface area contributed by atoms with Crippen molar-refractivity contribution >= 4 is 0 Å². The molecule has 0 N–H and O–H groups in total. The predicted octanol–water partition coefficient (Wildman–Crippen LogP) is 2.91. The third kappa shape index (κ3) is 1.53. The summed E-state index contributed by atoms with van der Waals surface area (Å²) < 4.78 is 62.1. The van der Waals surface area contributed by atoms with Crippen molar-refractivity contribution in [1.29, 1.82) is 5.26 Å². The lowest BCUT2D eigenvalue weighted by Gasteiger charge is -2.05. The fourth-order valence-electron chi connectivity index (χ4n) is 0.932. The van der Waals surface area contributed by atoms with Crippen molar-refractivity contribution < 1.29 is 22.0 Å². The molecule has 0 aromatic heterocycles. The van der Waals surface area contributed by atoms with Crippen molar-refractivity contribution in [2.24, 2.45) is 0 Å². The topological polar surface area (TPSA) is 23.8 Å². The number of nitrogens with zero attached hydrogens (tertiary/aromatic N) is 1. The molecule has 0 aliphatic heterocycles. The van der Waals surface area contributed by atoms with Gasteiger partial charge in [0.2, 0.25) is 0 Å². The van der Waals surface area contributed by atoms with Crippen LogP contribution >= 0.6 is 0 Å². The van der Waals surface area contributed by atoms with Gasteiger partial charge in [0.15, 0.2) is 11.6 Å². The molecule has 74 valence electrons. The van der Waals surface area contributed by atoms with Crippen LogP contribution in [-0.4, -0.2) is 0 Å². The van der Waals surface area contributed by atoms with E-state index >= 15 is 0 Å². The summed E-state index contributed by atoms with van der Waals surface area (Å²) in [5.41, 5.74) is -2.70. The molecule has 0 atom stereocenters. The normalized spacial score (nSPS) is 10.4. The Morgan fingerprint density at radius 2 is 1.71 bits per heavy atom. The molecule has 0 aliphatic rings. The summed E-state index contributed by atoms with van der Waals surface area (Å²) in [7, 11) is 0. The second-order valence-corrected chi connectivity index (χ2v) is 2.36. The van der Waals surface area contributed by atoms with Gasteiger partial charge in [-0.05, 0) is 0 Å². The molecular weight excluding hydrogens is 205 g/mol. The van der Waals surface area contributed by atoms with Crippen LogP contribution in [-0.2, 0) is 0 Å². The first-order valence-corrected chi connectivity index (χ1v) is 3.34. The molecule has 0 saturated carbocycles. The van der Waals surface area contributed by atoms with Gasteiger partial charge in [-0.1, -0.05) is 0 Å². The highest BCUT2D eigenvalue weighted by molar-refractivity contribution is 5.41. The van der Waals surface area contributed by atoms with Gasteiger partial charge < -0.3 is 0 Å². The van der Waals surface area contributed by atoms with E-state index < -0.39 is 35.0 Å². The molecule has 0 radical (unpaired) electrons. The van der Waals surface area contributed by atoms with E-state index in [2.05, 4.69) is 0 Å². The standard InChI is InChI=1S/C8H2F5N/c9-4-1-5(10)7(11)3(2-14)6(4)8(12)13/h1,8H. The zero-order chi connectivity index (χ0) is 10.9. The zero-order valence-electron chi connectivity index (χ0n) is 6.49. The number of nitriles is 1. The summed E-state index contributed by atoms with van der Waals surface area (Å²) in [5.74, 6) is -5.05. The molecule has 0 saturated heterocycles. The molecule has 0 aliphatic carbocycles. The van der Waals surface area contributed by atoms with Crippen LogP contribution in [0, 0.1) is 28.8 Å². The minimum absolute atomic E-state index is 0.0162. The summed E-state index contributed by atoms with van der Waals surface area (Å²) in [6.07, 6.45) is -3.36. The Balaban J connectivity index is 3.57. The lowest BCUT2D eigenvalue weighted by atomic mass is 10.1. The number of hydrogen-bond acceptors (Lipinski definition) is 1. The number of hydrogen-bond donors (Lipinski definition) is 0. The highest BCUT2D eigenvalue weighted by Gasteiger charge is 2.24. The molecule has 6 heteroatoms. The van der Waals surface area contributed by atoms with E-state index in [9.17, 15) is 22.0 Å². The molecular formula is C8H2F5N. The summed E-state index contributed by atoms with van der Waals surface area (Å²) in [6, 6.07) is 0.976. The predicted molar refractivity (Wildman–Crippen MR) is 36.0 cm³/mol. The Morgan fingerprint density at radius 1 is 1.14 bits per heavy atom. The Kier molecular flexibility index (Phi) is 2.70. The van der Waals surface area contributed by atoms with Gasteiger partial charge in [0.25, 0.3) is 6.43 Å². The molecule has 1 rings (SSSR count). The monoisotopic (exact) mass is 207 g/mol. The highest BCUT2D eigenvalue weighted by Crippen LogP contribution is 2.28. The fraction of sp³-hybridized carbons (Fsp3) is 0.125. The molecule has 0 fully saturated rings. The number of rotatable bonds is 1. The maximum Gasteiger partial charge on any atom is 0.268 e. The zero-order valence-corrected chi connectivity index (χ0v) is 6.49. The SMILES string of the molecule is N#Cc1c(F)c(F)cc(F)c1C(F)F. The third-order valence-corrected chi connectivity index (χ3v) is 1.54. The van der Waals surface area contributed by atoms with Crippen molar-refractivity contribution in [3.05, 3.63) is 34.6 Å². The summed E-state index contributed by atoms with van der Waals surface area (Å²) >= 11 is 0. The van der Waals surface area contributed by atoms with Crippen molar-refractivity contribution in [3.8, 4) is 6.07 Å². The maximum atomic E-state index is 12.7. The molecule has 0 amide bonds. The fourth-order valence-corrected chi connectivity index (χ4v) is 0.932. The van der Waals surface area contributed by atoms with Gasteiger partial charge in [-0.2, -0.15) is 5.26 Å². The molecule has 0 bridgehead atoms. The van der Waals surface area contributed by atoms with Crippen LogP contribution in [0.1, 0.15) is 17.6 Å². The molecule has 1 nitrogen and oxygen atoms in total. The van der Waals surface area contributed by atoms with Crippen LogP contribution in [0.5, 0.6) is 0 Å². The van der Waals surface area contributed by atoms with Gasteiger partial charge >= 0.3 is 0 Å². The van der Waals surface area contributed by atoms with E-state index in [4.69, 9.17) is 5.26 Å². The van der Waals surface area contributed by atoms with Crippen molar-refractivity contribution in [2.45, 2.75) is 6.43 Å². The molecule has 0 heterocycles. The van der Waals surface area contributed by atoms with E-state index in [-0.39, 0.29) is 6.07 Å². The molecule has 1 aromatic rings. The molecule has 14 heavy (non-hydrogen) atoms. The van der Waals surface area contributed by atoms with Crippen LogP contribution in [0.25, 0.3) is 0 Å². The quantitative estimate of drug-likeness (QED) is 0.513. The van der Waals surface area contributed by atoms with Crippen LogP contribution < -0.4 is 0 Å². The average Bonchev–Trinajstić information content (AvgIpc) is 2.09. The van der Waals surface area contributed by atoms with Gasteiger partial charge in [-0.25, -0.2) is 22.0 Å². The minimum Gasteiger partial charge on any atom is -0.206 e. The van der Waals surface area contributed by atoms with Crippen LogP contribution in [0.4, 0.5) is 22.0 Å². The Bertz CT molecular complexity index is 407. The van der Waals surface area contributed by atoms with Crippen molar-refractivity contribution in [3.63, 3.8) is 0 Å². The molecule has 0 spiro atoms. The summed E-state index contributed by atoms with van der Waals surface area (Å²) in [4.78, 5) is 0. The lowest BCUT2D eigenvalue weighted by molar-refractivity contribution is 0.145. The van der Waals surface area contributed by atoms with E-state index in [1.807, 2.05) is 0 Å². The van der Waals surface area contributed by atoms with Crippen LogP contribution in [0.3, 0.4) is 0 Å². The van der Waals surface area contributed by atoms with Gasteiger partial charge in [0.05, 0.1) is 5.56 Å². The Hall–Kier alpha value is -1.64. The van der Waals surface area contributed by atoms with Gasteiger partial charge in [0, 0.05) is 6.07 Å².